The lowest BCUT2D eigenvalue weighted by Crippen LogP contribution is -2.44. The SMILES string of the molecule is CCNCc1cccc(NC(=O)C2CCCN2C(=O)CC(C)(C)C)c1. The molecule has 25 heavy (non-hydrogen) atoms. The van der Waals surface area contributed by atoms with Crippen molar-refractivity contribution in [3.05, 3.63) is 29.8 Å². The van der Waals surface area contributed by atoms with Gasteiger partial charge in [0.25, 0.3) is 0 Å². The fourth-order valence-electron chi connectivity index (χ4n) is 3.15. The van der Waals surface area contributed by atoms with Gasteiger partial charge in [0.05, 0.1) is 0 Å². The van der Waals surface area contributed by atoms with Crippen LogP contribution in [0.1, 0.15) is 52.5 Å². The summed E-state index contributed by atoms with van der Waals surface area (Å²) in [5.74, 6) is -0.00796. The smallest absolute Gasteiger partial charge is 0.247 e. The van der Waals surface area contributed by atoms with Gasteiger partial charge in [-0.15, -0.1) is 0 Å². The molecule has 1 aliphatic heterocycles. The average molecular weight is 345 g/mol. The lowest BCUT2D eigenvalue weighted by Gasteiger charge is -2.27. The molecule has 2 amide bonds. The Morgan fingerprint density at radius 1 is 1.28 bits per heavy atom. The van der Waals surface area contributed by atoms with E-state index in [4.69, 9.17) is 0 Å². The van der Waals surface area contributed by atoms with E-state index in [0.29, 0.717) is 13.0 Å². The van der Waals surface area contributed by atoms with Crippen LogP contribution in [0.15, 0.2) is 24.3 Å². The van der Waals surface area contributed by atoms with Crippen LogP contribution in [0.4, 0.5) is 5.69 Å². The molecule has 5 nitrogen and oxygen atoms in total. The molecule has 0 bridgehead atoms. The highest BCUT2D eigenvalue weighted by Crippen LogP contribution is 2.25. The maximum absolute atomic E-state index is 12.7. The quantitative estimate of drug-likeness (QED) is 0.832. The molecule has 1 aromatic carbocycles. The van der Waals surface area contributed by atoms with Crippen molar-refractivity contribution < 1.29 is 9.59 Å². The molecule has 1 aromatic rings. The van der Waals surface area contributed by atoms with Gasteiger partial charge in [0.1, 0.15) is 6.04 Å². The van der Waals surface area contributed by atoms with Crippen molar-refractivity contribution in [3.8, 4) is 0 Å². The largest absolute Gasteiger partial charge is 0.331 e. The van der Waals surface area contributed by atoms with Crippen molar-refractivity contribution in [3.63, 3.8) is 0 Å². The molecule has 138 valence electrons. The minimum atomic E-state index is -0.354. The van der Waals surface area contributed by atoms with Gasteiger partial charge in [-0.2, -0.15) is 0 Å². The van der Waals surface area contributed by atoms with E-state index in [1.54, 1.807) is 4.90 Å². The highest BCUT2D eigenvalue weighted by Gasteiger charge is 2.35. The predicted molar refractivity (Wildman–Crippen MR) is 101 cm³/mol. The highest BCUT2D eigenvalue weighted by atomic mass is 16.2. The van der Waals surface area contributed by atoms with Crippen LogP contribution in [0.2, 0.25) is 0 Å². The molecule has 1 saturated heterocycles. The number of likely N-dealkylation sites (tertiary alicyclic amines) is 1. The number of amides is 2. The normalized spacial score (nSPS) is 17.6. The maximum Gasteiger partial charge on any atom is 0.247 e. The molecule has 1 unspecified atom stereocenters. The van der Waals surface area contributed by atoms with E-state index in [2.05, 4.69) is 17.6 Å². The van der Waals surface area contributed by atoms with E-state index in [0.717, 1.165) is 37.2 Å². The Labute approximate surface area is 151 Å². The van der Waals surface area contributed by atoms with Gasteiger partial charge < -0.3 is 15.5 Å². The van der Waals surface area contributed by atoms with Gasteiger partial charge in [0.15, 0.2) is 0 Å². The van der Waals surface area contributed by atoms with Crippen molar-refractivity contribution in [1.29, 1.82) is 0 Å². The number of anilines is 1. The summed E-state index contributed by atoms with van der Waals surface area (Å²) >= 11 is 0. The molecular formula is C20H31N3O2. The van der Waals surface area contributed by atoms with Crippen LogP contribution >= 0.6 is 0 Å². The van der Waals surface area contributed by atoms with Crippen LogP contribution in [0.3, 0.4) is 0 Å². The minimum Gasteiger partial charge on any atom is -0.331 e. The number of hydrogen-bond donors (Lipinski definition) is 2. The summed E-state index contributed by atoms with van der Waals surface area (Å²) < 4.78 is 0. The van der Waals surface area contributed by atoms with Crippen molar-refractivity contribution in [2.24, 2.45) is 5.41 Å². The van der Waals surface area contributed by atoms with Crippen LogP contribution in [0.5, 0.6) is 0 Å². The van der Waals surface area contributed by atoms with Crippen molar-refractivity contribution in [1.82, 2.24) is 10.2 Å². The van der Waals surface area contributed by atoms with Gasteiger partial charge in [-0.25, -0.2) is 0 Å². The molecule has 1 atom stereocenters. The zero-order valence-electron chi connectivity index (χ0n) is 15.9. The first-order chi connectivity index (χ1) is 11.8. The van der Waals surface area contributed by atoms with Crippen molar-refractivity contribution in [2.45, 2.75) is 59.5 Å². The summed E-state index contributed by atoms with van der Waals surface area (Å²) in [6, 6.07) is 7.50. The van der Waals surface area contributed by atoms with E-state index < -0.39 is 0 Å². The van der Waals surface area contributed by atoms with Crippen LogP contribution in [-0.4, -0.2) is 35.8 Å². The Kier molecular flexibility index (Phi) is 6.59. The Morgan fingerprint density at radius 3 is 2.72 bits per heavy atom. The molecule has 1 aliphatic rings. The number of nitrogens with one attached hydrogen (secondary N) is 2. The third-order valence-electron chi connectivity index (χ3n) is 4.33. The fraction of sp³-hybridized carbons (Fsp3) is 0.600. The van der Waals surface area contributed by atoms with Crippen LogP contribution in [0, 0.1) is 5.41 Å². The Hall–Kier alpha value is -1.88. The summed E-state index contributed by atoms with van der Waals surface area (Å²) in [7, 11) is 0. The molecule has 0 radical (unpaired) electrons. The molecule has 1 fully saturated rings. The summed E-state index contributed by atoms with van der Waals surface area (Å²) in [5.41, 5.74) is 1.85. The summed E-state index contributed by atoms with van der Waals surface area (Å²) in [5, 5.41) is 6.27. The van der Waals surface area contributed by atoms with Gasteiger partial charge in [-0.05, 0) is 42.5 Å². The van der Waals surface area contributed by atoms with E-state index in [1.807, 2.05) is 45.0 Å². The summed E-state index contributed by atoms with van der Waals surface area (Å²) in [6.07, 6.45) is 2.09. The zero-order valence-corrected chi connectivity index (χ0v) is 15.9. The number of benzene rings is 1. The highest BCUT2D eigenvalue weighted by molar-refractivity contribution is 5.97. The monoisotopic (exact) mass is 345 g/mol. The predicted octanol–water partition coefficient (Wildman–Crippen LogP) is 3.16. The van der Waals surface area contributed by atoms with Crippen molar-refractivity contribution >= 4 is 17.5 Å². The molecule has 5 heteroatoms. The first kappa shape index (κ1) is 19.4. The van der Waals surface area contributed by atoms with E-state index in [-0.39, 0.29) is 23.3 Å². The second kappa shape index (κ2) is 8.48. The molecule has 2 rings (SSSR count). The van der Waals surface area contributed by atoms with Gasteiger partial charge in [0, 0.05) is 25.2 Å². The molecule has 0 aromatic heterocycles. The first-order valence-corrected chi connectivity index (χ1v) is 9.20. The third kappa shape index (κ3) is 5.85. The second-order valence-electron chi connectivity index (χ2n) is 7.95. The van der Waals surface area contributed by atoms with E-state index in [1.165, 1.54) is 0 Å². The summed E-state index contributed by atoms with van der Waals surface area (Å²) in [4.78, 5) is 27.0. The second-order valence-corrected chi connectivity index (χ2v) is 7.95. The Balaban J connectivity index is 2.00. The summed E-state index contributed by atoms with van der Waals surface area (Å²) in [6.45, 7) is 10.6. The minimum absolute atomic E-state index is 0.0681. The lowest BCUT2D eigenvalue weighted by molar-refractivity contribution is -0.138. The third-order valence-corrected chi connectivity index (χ3v) is 4.33. The van der Waals surface area contributed by atoms with Gasteiger partial charge in [0.2, 0.25) is 11.8 Å². The molecular weight excluding hydrogens is 314 g/mol. The zero-order chi connectivity index (χ0) is 18.4. The Morgan fingerprint density at radius 2 is 2.04 bits per heavy atom. The molecule has 0 spiro atoms. The first-order valence-electron chi connectivity index (χ1n) is 9.20. The van der Waals surface area contributed by atoms with Gasteiger partial charge in [-0.3, -0.25) is 9.59 Å². The molecule has 2 N–H and O–H groups in total. The maximum atomic E-state index is 12.7. The number of nitrogens with zero attached hydrogens (tertiary/aromatic N) is 1. The number of carbonyl (C=O) groups is 2. The van der Waals surface area contributed by atoms with E-state index >= 15 is 0 Å². The number of hydrogen-bond acceptors (Lipinski definition) is 3. The topological polar surface area (TPSA) is 61.4 Å². The van der Waals surface area contributed by atoms with Gasteiger partial charge in [-0.1, -0.05) is 39.8 Å². The van der Waals surface area contributed by atoms with Crippen LogP contribution < -0.4 is 10.6 Å². The fourth-order valence-corrected chi connectivity index (χ4v) is 3.15. The van der Waals surface area contributed by atoms with Crippen LogP contribution in [-0.2, 0) is 16.1 Å². The van der Waals surface area contributed by atoms with Crippen LogP contribution in [0.25, 0.3) is 0 Å². The van der Waals surface area contributed by atoms with Gasteiger partial charge >= 0.3 is 0 Å². The molecule has 1 heterocycles. The standard InChI is InChI=1S/C20H31N3O2/c1-5-21-14-15-8-6-9-16(12-15)22-19(25)17-10-7-11-23(17)18(24)13-20(2,3)4/h6,8-9,12,17,21H,5,7,10-11,13-14H2,1-4H3,(H,22,25). The average Bonchev–Trinajstić information content (AvgIpc) is 3.01. The number of carbonyl (C=O) groups excluding carboxylic acids is 2. The van der Waals surface area contributed by atoms with E-state index in [9.17, 15) is 9.59 Å². The number of rotatable bonds is 6. The Bertz CT molecular complexity index is 607. The molecule has 0 saturated carbocycles. The van der Waals surface area contributed by atoms with Crippen molar-refractivity contribution in [2.75, 3.05) is 18.4 Å². The lowest BCUT2D eigenvalue weighted by atomic mass is 9.91. The molecule has 0 aliphatic carbocycles.